The minimum Gasteiger partial charge on any atom is -0.462 e. The van der Waals surface area contributed by atoms with Crippen molar-refractivity contribution in [2.24, 2.45) is 0 Å². The van der Waals surface area contributed by atoms with E-state index < -0.39 is 6.10 Å². The third kappa shape index (κ3) is 55.9. The maximum absolute atomic E-state index is 12.9. The predicted molar refractivity (Wildman–Crippen MR) is 298 cm³/mol. The van der Waals surface area contributed by atoms with Crippen molar-refractivity contribution in [1.82, 2.24) is 0 Å². The lowest BCUT2D eigenvalue weighted by atomic mass is 10.0. The first-order chi connectivity index (χ1) is 34.0. The molecule has 0 bridgehead atoms. The molecule has 0 aliphatic heterocycles. The molecule has 0 aromatic rings. The van der Waals surface area contributed by atoms with Crippen molar-refractivity contribution in [2.75, 3.05) is 13.2 Å². The van der Waals surface area contributed by atoms with Crippen molar-refractivity contribution in [3.8, 4) is 0 Å². The van der Waals surface area contributed by atoms with Gasteiger partial charge >= 0.3 is 17.9 Å². The topological polar surface area (TPSA) is 78.9 Å². The highest BCUT2D eigenvalue weighted by molar-refractivity contribution is 5.71. The van der Waals surface area contributed by atoms with Gasteiger partial charge in [0.1, 0.15) is 13.2 Å². The normalized spacial score (nSPS) is 12.4. The molecule has 400 valence electrons. The second-order valence-corrected chi connectivity index (χ2v) is 19.9. The summed E-state index contributed by atoms with van der Waals surface area (Å²) >= 11 is 0. The fourth-order valence-electron chi connectivity index (χ4n) is 8.55. The molecule has 0 rings (SSSR count). The number of esters is 3. The highest BCUT2D eigenvalue weighted by Crippen LogP contribution is 2.17. The summed E-state index contributed by atoms with van der Waals surface area (Å²) in [5, 5.41) is 0. The van der Waals surface area contributed by atoms with Crippen LogP contribution in [-0.4, -0.2) is 37.2 Å². The van der Waals surface area contributed by atoms with Gasteiger partial charge < -0.3 is 14.2 Å². The molecule has 0 aliphatic carbocycles. The maximum atomic E-state index is 12.9. The van der Waals surface area contributed by atoms with Gasteiger partial charge in [0, 0.05) is 19.3 Å². The lowest BCUT2D eigenvalue weighted by molar-refractivity contribution is -0.167. The summed E-state index contributed by atoms with van der Waals surface area (Å²) in [5.74, 6) is -0.920. The Morgan fingerprint density at radius 1 is 0.304 bits per heavy atom. The van der Waals surface area contributed by atoms with Crippen LogP contribution < -0.4 is 0 Å². The Hall–Kier alpha value is -2.89. The lowest BCUT2D eigenvalue weighted by Crippen LogP contribution is -2.30. The number of carbonyl (C=O) groups excluding carboxylic acids is 3. The van der Waals surface area contributed by atoms with Crippen LogP contribution in [0.2, 0.25) is 0 Å². The minimum absolute atomic E-state index is 0.0871. The van der Waals surface area contributed by atoms with E-state index >= 15 is 0 Å². The molecule has 0 aromatic carbocycles. The smallest absolute Gasteiger partial charge is 0.306 e. The average molecular weight is 966 g/mol. The highest BCUT2D eigenvalue weighted by Gasteiger charge is 2.19. The van der Waals surface area contributed by atoms with Gasteiger partial charge in [0.25, 0.3) is 0 Å². The Labute approximate surface area is 428 Å². The van der Waals surface area contributed by atoms with Crippen LogP contribution in [0.1, 0.15) is 303 Å². The third-order valence-electron chi connectivity index (χ3n) is 13.0. The van der Waals surface area contributed by atoms with Crippen LogP contribution in [0.25, 0.3) is 0 Å². The standard InChI is InChI=1S/C63H112O6/c1-4-7-10-13-16-19-22-25-28-29-30-31-32-33-36-39-42-45-48-51-54-57-63(66)69-60(58-67-61(64)55-52-49-46-43-40-37-34-26-23-20-17-14-11-8-5-2)59-68-62(65)56-53-50-47-44-41-38-35-27-24-21-18-15-12-9-6-3/h8,11,17,20-21,24,26,34,40,43,60H,4-7,9-10,12-16,18-19,22-23,25,27-33,35-39,41-42,44-59H2,1-3H3/b11-8-,20-17-,24-21-,34-26-,43-40-/t60-/m1/s1. The Balaban J connectivity index is 4.37. The van der Waals surface area contributed by atoms with Gasteiger partial charge in [0.05, 0.1) is 0 Å². The summed E-state index contributed by atoms with van der Waals surface area (Å²) in [7, 11) is 0. The number of allylic oxidation sites excluding steroid dienone is 10. The molecule has 0 aromatic heterocycles. The fraction of sp³-hybridized carbons (Fsp3) is 0.794. The van der Waals surface area contributed by atoms with Gasteiger partial charge in [0.2, 0.25) is 0 Å². The molecular formula is C63H112O6. The van der Waals surface area contributed by atoms with Crippen LogP contribution in [0.15, 0.2) is 60.8 Å². The summed E-state index contributed by atoms with van der Waals surface area (Å²) < 4.78 is 16.9. The number of rotatable bonds is 54. The van der Waals surface area contributed by atoms with E-state index in [0.717, 1.165) is 83.5 Å². The van der Waals surface area contributed by atoms with Crippen molar-refractivity contribution >= 4 is 17.9 Å². The number of carbonyl (C=O) groups is 3. The SMILES string of the molecule is CC/C=C\C/C=C\C/C=C\C/C=C\CCCCC(=O)OC[C@H](COC(=O)CCCCCCCCC/C=C\CCCCCC)OC(=O)CCCCCCCCCCCCCCCCCCCCCCC. The number of hydrogen-bond donors (Lipinski definition) is 0. The molecule has 0 N–H and O–H groups in total. The number of unbranched alkanes of at least 4 members (excludes halogenated alkanes) is 33. The van der Waals surface area contributed by atoms with E-state index in [-0.39, 0.29) is 31.1 Å². The zero-order chi connectivity index (χ0) is 50.0. The first-order valence-electron chi connectivity index (χ1n) is 29.8. The van der Waals surface area contributed by atoms with E-state index in [1.807, 2.05) is 0 Å². The lowest BCUT2D eigenvalue weighted by Gasteiger charge is -2.18. The average Bonchev–Trinajstić information content (AvgIpc) is 3.35. The minimum atomic E-state index is -0.791. The summed E-state index contributed by atoms with van der Waals surface area (Å²) in [4.78, 5) is 38.2. The van der Waals surface area contributed by atoms with E-state index in [1.165, 1.54) is 180 Å². The second-order valence-electron chi connectivity index (χ2n) is 19.9. The Morgan fingerprint density at radius 2 is 0.565 bits per heavy atom. The number of hydrogen-bond acceptors (Lipinski definition) is 6. The quantitative estimate of drug-likeness (QED) is 0.0262. The maximum Gasteiger partial charge on any atom is 0.306 e. The molecule has 0 saturated carbocycles. The first kappa shape index (κ1) is 66.1. The zero-order valence-corrected chi connectivity index (χ0v) is 45.8. The molecule has 0 saturated heterocycles. The Morgan fingerprint density at radius 3 is 0.942 bits per heavy atom. The molecule has 0 heterocycles. The molecule has 6 heteroatoms. The van der Waals surface area contributed by atoms with E-state index in [9.17, 15) is 14.4 Å². The molecule has 69 heavy (non-hydrogen) atoms. The number of ether oxygens (including phenoxy) is 3. The molecule has 0 fully saturated rings. The summed E-state index contributed by atoms with van der Waals surface area (Å²) in [5.41, 5.74) is 0. The van der Waals surface area contributed by atoms with Crippen molar-refractivity contribution in [1.29, 1.82) is 0 Å². The highest BCUT2D eigenvalue weighted by atomic mass is 16.6. The predicted octanol–water partition coefficient (Wildman–Crippen LogP) is 20.0. The van der Waals surface area contributed by atoms with Crippen molar-refractivity contribution in [3.05, 3.63) is 60.8 Å². The van der Waals surface area contributed by atoms with Gasteiger partial charge in [-0.25, -0.2) is 0 Å². The van der Waals surface area contributed by atoms with E-state index in [0.29, 0.717) is 19.3 Å². The molecule has 0 unspecified atom stereocenters. The van der Waals surface area contributed by atoms with Gasteiger partial charge in [-0.2, -0.15) is 0 Å². The zero-order valence-electron chi connectivity index (χ0n) is 45.8. The second kappa shape index (κ2) is 57.7. The van der Waals surface area contributed by atoms with Gasteiger partial charge in [-0.05, 0) is 83.5 Å². The molecule has 1 atom stereocenters. The van der Waals surface area contributed by atoms with Crippen LogP contribution in [0.4, 0.5) is 0 Å². The summed E-state index contributed by atoms with van der Waals surface area (Å²) in [6.07, 6.45) is 72.2. The first-order valence-corrected chi connectivity index (χ1v) is 29.8. The molecule has 0 aliphatic rings. The Bertz CT molecular complexity index is 1250. The Kier molecular flexibility index (Phi) is 55.3. The molecule has 0 amide bonds. The van der Waals surface area contributed by atoms with Gasteiger partial charge in [-0.3, -0.25) is 14.4 Å². The van der Waals surface area contributed by atoms with E-state index in [2.05, 4.69) is 81.5 Å². The van der Waals surface area contributed by atoms with Gasteiger partial charge in [-0.1, -0.05) is 261 Å². The van der Waals surface area contributed by atoms with Crippen LogP contribution in [0.3, 0.4) is 0 Å². The van der Waals surface area contributed by atoms with Crippen LogP contribution in [-0.2, 0) is 28.6 Å². The van der Waals surface area contributed by atoms with Crippen molar-refractivity contribution in [2.45, 2.75) is 309 Å². The van der Waals surface area contributed by atoms with Crippen LogP contribution in [0, 0.1) is 0 Å². The van der Waals surface area contributed by atoms with Crippen LogP contribution in [0.5, 0.6) is 0 Å². The summed E-state index contributed by atoms with van der Waals surface area (Å²) in [6.45, 7) is 6.51. The molecule has 0 spiro atoms. The van der Waals surface area contributed by atoms with Crippen LogP contribution >= 0.6 is 0 Å². The monoisotopic (exact) mass is 965 g/mol. The van der Waals surface area contributed by atoms with Gasteiger partial charge in [-0.15, -0.1) is 0 Å². The van der Waals surface area contributed by atoms with Crippen molar-refractivity contribution in [3.63, 3.8) is 0 Å². The molecule has 6 nitrogen and oxygen atoms in total. The molecule has 0 radical (unpaired) electrons. The van der Waals surface area contributed by atoms with Gasteiger partial charge in [0.15, 0.2) is 6.10 Å². The third-order valence-corrected chi connectivity index (χ3v) is 13.0. The molecular weight excluding hydrogens is 853 g/mol. The van der Waals surface area contributed by atoms with E-state index in [4.69, 9.17) is 14.2 Å². The largest absolute Gasteiger partial charge is 0.462 e. The fourth-order valence-corrected chi connectivity index (χ4v) is 8.55. The summed E-state index contributed by atoms with van der Waals surface area (Å²) in [6, 6.07) is 0. The van der Waals surface area contributed by atoms with E-state index in [1.54, 1.807) is 0 Å². The van der Waals surface area contributed by atoms with Crippen molar-refractivity contribution < 1.29 is 28.6 Å².